The molecule has 0 atom stereocenters. The summed E-state index contributed by atoms with van der Waals surface area (Å²) in [5.41, 5.74) is 1.01. The van der Waals surface area contributed by atoms with Crippen molar-refractivity contribution in [2.75, 3.05) is 26.2 Å². The molecule has 1 amide bonds. The summed E-state index contributed by atoms with van der Waals surface area (Å²) in [5.74, 6) is -0.0267. The van der Waals surface area contributed by atoms with Crippen LogP contribution in [0.5, 0.6) is 0 Å². The van der Waals surface area contributed by atoms with Gasteiger partial charge in [-0.2, -0.15) is 0 Å². The fourth-order valence-electron chi connectivity index (χ4n) is 3.43. The fraction of sp³-hybridized carbons (Fsp3) is 0.250. The molecule has 0 N–H and O–H groups in total. The van der Waals surface area contributed by atoms with Crippen LogP contribution in [0.4, 0.5) is 5.69 Å². The van der Waals surface area contributed by atoms with E-state index in [1.165, 1.54) is 17.4 Å². The van der Waals surface area contributed by atoms with Gasteiger partial charge in [0.15, 0.2) is 0 Å². The third-order valence-electron chi connectivity index (χ3n) is 4.92. The molecular weight excluding hydrogens is 398 g/mol. The third-order valence-corrected chi connectivity index (χ3v) is 6.58. The number of nitro benzene ring substituents is 1. The molecule has 1 aromatic heterocycles. The number of hydrogen-bond acceptors (Lipinski definition) is 5. The summed E-state index contributed by atoms with van der Waals surface area (Å²) in [6.45, 7) is 3.29. The Labute approximate surface area is 171 Å². The summed E-state index contributed by atoms with van der Waals surface area (Å²) in [4.78, 5) is 28.1. The molecular formula is C20H18ClN3O3S. The van der Waals surface area contributed by atoms with E-state index in [2.05, 4.69) is 4.90 Å². The number of non-ortho nitro benzene ring substituents is 1. The van der Waals surface area contributed by atoms with Crippen LogP contribution in [0.15, 0.2) is 48.5 Å². The van der Waals surface area contributed by atoms with E-state index < -0.39 is 0 Å². The van der Waals surface area contributed by atoms with E-state index >= 15 is 0 Å². The van der Waals surface area contributed by atoms with Crippen LogP contribution in [-0.4, -0.2) is 46.8 Å². The van der Waals surface area contributed by atoms with Gasteiger partial charge in [-0.05, 0) is 11.6 Å². The van der Waals surface area contributed by atoms with Crippen LogP contribution in [-0.2, 0) is 6.54 Å². The monoisotopic (exact) mass is 415 g/mol. The zero-order valence-electron chi connectivity index (χ0n) is 15.0. The number of benzene rings is 2. The molecule has 3 aromatic rings. The number of piperazine rings is 1. The van der Waals surface area contributed by atoms with E-state index in [9.17, 15) is 14.9 Å². The molecule has 144 valence electrons. The topological polar surface area (TPSA) is 66.7 Å². The van der Waals surface area contributed by atoms with E-state index in [1.807, 2.05) is 35.2 Å². The Balaban J connectivity index is 1.41. The number of hydrogen-bond donors (Lipinski definition) is 0. The summed E-state index contributed by atoms with van der Waals surface area (Å²) in [6, 6.07) is 14.5. The van der Waals surface area contributed by atoms with Gasteiger partial charge in [0.25, 0.3) is 11.6 Å². The van der Waals surface area contributed by atoms with Crippen LogP contribution >= 0.6 is 22.9 Å². The first-order valence-electron chi connectivity index (χ1n) is 8.95. The standard InChI is InChI=1S/C20H18ClN3O3S/c21-18-16-6-1-2-7-17(16)28-19(18)20(25)23-10-8-22(9-11-23)13-14-4-3-5-15(12-14)24(26)27/h1-7,12H,8-11,13H2. The minimum Gasteiger partial charge on any atom is -0.335 e. The molecule has 0 unspecified atom stereocenters. The second-order valence-corrected chi connectivity index (χ2v) is 8.17. The van der Waals surface area contributed by atoms with E-state index in [-0.39, 0.29) is 16.5 Å². The molecule has 1 fully saturated rings. The van der Waals surface area contributed by atoms with Crippen molar-refractivity contribution in [3.05, 3.63) is 74.1 Å². The van der Waals surface area contributed by atoms with Crippen molar-refractivity contribution in [2.45, 2.75) is 6.54 Å². The van der Waals surface area contributed by atoms with Crippen LogP contribution in [0.25, 0.3) is 10.1 Å². The van der Waals surface area contributed by atoms with Gasteiger partial charge in [0.2, 0.25) is 0 Å². The molecule has 1 aliphatic heterocycles. The highest BCUT2D eigenvalue weighted by molar-refractivity contribution is 7.21. The second-order valence-electron chi connectivity index (χ2n) is 6.74. The number of nitrogens with zero attached hydrogens (tertiary/aromatic N) is 3. The van der Waals surface area contributed by atoms with Crippen molar-refractivity contribution >= 4 is 44.6 Å². The van der Waals surface area contributed by atoms with Crippen molar-refractivity contribution in [3.63, 3.8) is 0 Å². The zero-order valence-corrected chi connectivity index (χ0v) is 16.6. The van der Waals surface area contributed by atoms with Crippen molar-refractivity contribution in [1.29, 1.82) is 0 Å². The van der Waals surface area contributed by atoms with Crippen molar-refractivity contribution in [2.24, 2.45) is 0 Å². The lowest BCUT2D eigenvalue weighted by Gasteiger charge is -2.34. The van der Waals surface area contributed by atoms with Gasteiger partial charge in [-0.15, -0.1) is 11.3 Å². The molecule has 6 nitrogen and oxygen atoms in total. The Morgan fingerprint density at radius 1 is 1.11 bits per heavy atom. The molecule has 0 spiro atoms. The average molecular weight is 416 g/mol. The third kappa shape index (κ3) is 3.73. The Morgan fingerprint density at radius 3 is 2.57 bits per heavy atom. The number of nitro groups is 1. The Bertz CT molecular complexity index is 1040. The average Bonchev–Trinajstić information content (AvgIpc) is 3.05. The van der Waals surface area contributed by atoms with Crippen molar-refractivity contribution in [3.8, 4) is 0 Å². The van der Waals surface area contributed by atoms with Crippen molar-refractivity contribution in [1.82, 2.24) is 9.80 Å². The van der Waals surface area contributed by atoms with Gasteiger partial charge in [0.1, 0.15) is 4.88 Å². The quantitative estimate of drug-likeness (QED) is 0.467. The Morgan fingerprint density at radius 2 is 1.86 bits per heavy atom. The molecule has 8 heteroatoms. The van der Waals surface area contributed by atoms with Crippen molar-refractivity contribution < 1.29 is 9.72 Å². The van der Waals surface area contributed by atoms with Gasteiger partial charge >= 0.3 is 0 Å². The minimum atomic E-state index is -0.380. The largest absolute Gasteiger partial charge is 0.335 e. The maximum atomic E-state index is 12.9. The Kier molecular flexibility index (Phi) is 5.30. The molecule has 28 heavy (non-hydrogen) atoms. The molecule has 0 saturated carbocycles. The number of fused-ring (bicyclic) bond motifs is 1. The lowest BCUT2D eigenvalue weighted by atomic mass is 10.1. The smallest absolute Gasteiger partial charge is 0.269 e. The second kappa shape index (κ2) is 7.87. The lowest BCUT2D eigenvalue weighted by Crippen LogP contribution is -2.48. The SMILES string of the molecule is O=C(c1sc2ccccc2c1Cl)N1CCN(Cc2cccc([N+](=O)[O-])c2)CC1. The van der Waals surface area contributed by atoms with Crippen LogP contribution in [0.2, 0.25) is 5.02 Å². The highest BCUT2D eigenvalue weighted by Crippen LogP contribution is 2.36. The lowest BCUT2D eigenvalue weighted by molar-refractivity contribution is -0.384. The fourth-order valence-corrected chi connectivity index (χ4v) is 4.91. The van der Waals surface area contributed by atoms with Crippen LogP contribution < -0.4 is 0 Å². The molecule has 0 radical (unpaired) electrons. The number of rotatable bonds is 4. The molecule has 4 rings (SSSR count). The molecule has 0 aliphatic carbocycles. The zero-order chi connectivity index (χ0) is 19.7. The predicted molar refractivity (Wildman–Crippen MR) is 111 cm³/mol. The summed E-state index contributed by atoms with van der Waals surface area (Å²) in [6.07, 6.45) is 0. The summed E-state index contributed by atoms with van der Waals surface area (Å²) in [7, 11) is 0. The molecule has 1 saturated heterocycles. The van der Waals surface area contributed by atoms with Crippen LogP contribution in [0, 0.1) is 10.1 Å². The van der Waals surface area contributed by atoms with E-state index in [0.29, 0.717) is 29.5 Å². The maximum Gasteiger partial charge on any atom is 0.269 e. The van der Waals surface area contributed by atoms with Gasteiger partial charge in [-0.25, -0.2) is 0 Å². The first-order chi connectivity index (χ1) is 13.5. The number of halogens is 1. The minimum absolute atomic E-state index is 0.0267. The first kappa shape index (κ1) is 18.9. The highest BCUT2D eigenvalue weighted by Gasteiger charge is 2.26. The summed E-state index contributed by atoms with van der Waals surface area (Å²) in [5, 5.41) is 12.4. The van der Waals surface area contributed by atoms with Gasteiger partial charge in [-0.3, -0.25) is 19.8 Å². The molecule has 2 aromatic carbocycles. The van der Waals surface area contributed by atoms with E-state index in [1.54, 1.807) is 12.1 Å². The summed E-state index contributed by atoms with van der Waals surface area (Å²) < 4.78 is 1.01. The van der Waals surface area contributed by atoms with Crippen LogP contribution in [0.1, 0.15) is 15.2 Å². The van der Waals surface area contributed by atoms with E-state index in [0.717, 1.165) is 28.7 Å². The first-order valence-corrected chi connectivity index (χ1v) is 10.1. The normalized spacial score (nSPS) is 15.1. The Hall–Kier alpha value is -2.48. The van der Waals surface area contributed by atoms with Gasteiger partial charge in [-0.1, -0.05) is 41.9 Å². The van der Waals surface area contributed by atoms with E-state index in [4.69, 9.17) is 11.6 Å². The molecule has 2 heterocycles. The maximum absolute atomic E-state index is 12.9. The number of amides is 1. The number of thiophene rings is 1. The molecule has 1 aliphatic rings. The van der Waals surface area contributed by atoms with Gasteiger partial charge < -0.3 is 4.90 Å². The molecule has 0 bridgehead atoms. The van der Waals surface area contributed by atoms with Gasteiger partial charge in [0.05, 0.1) is 9.95 Å². The summed E-state index contributed by atoms with van der Waals surface area (Å²) >= 11 is 7.88. The number of carbonyl (C=O) groups excluding carboxylic acids is 1. The van der Waals surface area contributed by atoms with Gasteiger partial charge in [0, 0.05) is 54.9 Å². The predicted octanol–water partition coefficient (Wildman–Crippen LogP) is 4.42. The number of carbonyl (C=O) groups is 1. The highest BCUT2D eigenvalue weighted by atomic mass is 35.5. The van der Waals surface area contributed by atoms with Crippen LogP contribution in [0.3, 0.4) is 0 Å².